The van der Waals surface area contributed by atoms with Crippen LogP contribution in [0.2, 0.25) is 0 Å². The van der Waals surface area contributed by atoms with E-state index in [9.17, 15) is 4.79 Å². The second-order valence-electron chi connectivity index (χ2n) is 3.93. The van der Waals surface area contributed by atoms with Crippen molar-refractivity contribution in [1.29, 1.82) is 0 Å². The summed E-state index contributed by atoms with van der Waals surface area (Å²) in [4.78, 5) is 10.4. The Balaban J connectivity index is 3.83. The van der Waals surface area contributed by atoms with E-state index in [1.807, 2.05) is 0 Å². The third kappa shape index (κ3) is 4.16. The zero-order valence-corrected chi connectivity index (χ0v) is 8.18. The number of carboxylic acids is 1. The first-order chi connectivity index (χ1) is 5.39. The molecule has 0 atom stereocenters. The molecule has 0 unspecified atom stereocenters. The van der Waals surface area contributed by atoms with E-state index in [1.165, 1.54) is 0 Å². The van der Waals surface area contributed by atoms with Gasteiger partial charge in [-0.05, 0) is 18.3 Å². The van der Waals surface area contributed by atoms with E-state index in [2.05, 4.69) is 27.4 Å². The van der Waals surface area contributed by atoms with Crippen LogP contribution in [0.4, 0.5) is 0 Å². The van der Waals surface area contributed by atoms with Crippen LogP contribution in [-0.4, -0.2) is 11.1 Å². The molecular weight excluding hydrogens is 152 g/mol. The second kappa shape index (κ2) is 4.29. The first-order valence-electron chi connectivity index (χ1n) is 4.30. The molecule has 0 aromatic rings. The smallest absolute Gasteiger partial charge is 0.330 e. The van der Waals surface area contributed by atoms with Crippen LogP contribution in [0, 0.1) is 5.41 Å². The fraction of sp³-hybridized carbons (Fsp3) is 0.700. The number of aliphatic carboxylic acids is 1. The highest BCUT2D eigenvalue weighted by atomic mass is 16.4. The highest BCUT2D eigenvalue weighted by Gasteiger charge is 2.16. The van der Waals surface area contributed by atoms with E-state index < -0.39 is 5.97 Å². The van der Waals surface area contributed by atoms with E-state index in [-0.39, 0.29) is 5.41 Å². The van der Waals surface area contributed by atoms with Gasteiger partial charge in [-0.1, -0.05) is 33.8 Å². The maximum Gasteiger partial charge on any atom is 0.330 e. The quantitative estimate of drug-likeness (QED) is 0.644. The van der Waals surface area contributed by atoms with E-state index in [4.69, 9.17) is 5.11 Å². The summed E-state index contributed by atoms with van der Waals surface area (Å²) >= 11 is 0. The lowest BCUT2D eigenvalue weighted by atomic mass is 9.84. The molecule has 0 radical (unpaired) electrons. The van der Waals surface area contributed by atoms with Crippen molar-refractivity contribution in [2.45, 2.75) is 40.0 Å². The molecule has 0 bridgehead atoms. The highest BCUT2D eigenvalue weighted by Crippen LogP contribution is 2.27. The van der Waals surface area contributed by atoms with Crippen LogP contribution >= 0.6 is 0 Å². The lowest BCUT2D eigenvalue weighted by Crippen LogP contribution is -2.11. The molecule has 0 spiro atoms. The lowest BCUT2D eigenvalue weighted by molar-refractivity contribution is -0.132. The summed E-state index contributed by atoms with van der Waals surface area (Å²) in [5.41, 5.74) is 0.551. The molecule has 0 fully saturated rings. The molecule has 0 aliphatic carbocycles. The van der Waals surface area contributed by atoms with Gasteiger partial charge in [0.2, 0.25) is 0 Å². The molecule has 0 saturated carbocycles. The van der Waals surface area contributed by atoms with Crippen LogP contribution in [0.5, 0.6) is 0 Å². The molecule has 0 rings (SSSR count). The van der Waals surface area contributed by atoms with Gasteiger partial charge >= 0.3 is 5.97 Å². The molecule has 70 valence electrons. The zero-order valence-electron chi connectivity index (χ0n) is 8.18. The Kier molecular flexibility index (Phi) is 4.01. The zero-order chi connectivity index (χ0) is 9.78. The lowest BCUT2D eigenvalue weighted by Gasteiger charge is -2.21. The van der Waals surface area contributed by atoms with Gasteiger partial charge in [0.05, 0.1) is 0 Å². The molecule has 0 aromatic heterocycles. The minimum atomic E-state index is -0.873. The molecule has 0 saturated heterocycles. The fourth-order valence-electron chi connectivity index (χ4n) is 0.773. The van der Waals surface area contributed by atoms with Gasteiger partial charge in [0, 0.05) is 5.57 Å². The van der Waals surface area contributed by atoms with E-state index >= 15 is 0 Å². The van der Waals surface area contributed by atoms with Gasteiger partial charge in [0.25, 0.3) is 0 Å². The SMILES string of the molecule is C=C(CCC(C)(C)CC)C(=O)O. The van der Waals surface area contributed by atoms with Crippen LogP contribution in [0.1, 0.15) is 40.0 Å². The Hall–Kier alpha value is -0.790. The standard InChI is InChI=1S/C10H18O2/c1-5-10(3,4)7-6-8(2)9(11)12/h2,5-7H2,1,3-4H3,(H,11,12). The topological polar surface area (TPSA) is 37.3 Å². The monoisotopic (exact) mass is 170 g/mol. The summed E-state index contributed by atoms with van der Waals surface area (Å²) in [5.74, 6) is -0.873. The van der Waals surface area contributed by atoms with Crippen molar-refractivity contribution in [2.75, 3.05) is 0 Å². The first-order valence-corrected chi connectivity index (χ1v) is 4.30. The Labute approximate surface area is 74.3 Å². The number of carboxylic acid groups (broad SMARTS) is 1. The number of hydrogen-bond donors (Lipinski definition) is 1. The summed E-state index contributed by atoms with van der Waals surface area (Å²) in [5, 5.41) is 8.55. The van der Waals surface area contributed by atoms with Gasteiger partial charge in [0.1, 0.15) is 0 Å². The predicted molar refractivity (Wildman–Crippen MR) is 50.1 cm³/mol. The van der Waals surface area contributed by atoms with Gasteiger partial charge in [0.15, 0.2) is 0 Å². The predicted octanol–water partition coefficient (Wildman–Crippen LogP) is 2.84. The van der Waals surface area contributed by atoms with Crippen molar-refractivity contribution < 1.29 is 9.90 Å². The summed E-state index contributed by atoms with van der Waals surface area (Å²) in [7, 11) is 0. The Morgan fingerprint density at radius 2 is 2.00 bits per heavy atom. The molecule has 0 aliphatic heterocycles. The van der Waals surface area contributed by atoms with Crippen molar-refractivity contribution >= 4 is 5.97 Å². The van der Waals surface area contributed by atoms with Crippen molar-refractivity contribution in [3.05, 3.63) is 12.2 Å². The third-order valence-electron chi connectivity index (χ3n) is 2.36. The fourth-order valence-corrected chi connectivity index (χ4v) is 0.773. The van der Waals surface area contributed by atoms with E-state index in [0.29, 0.717) is 12.0 Å². The van der Waals surface area contributed by atoms with Crippen LogP contribution in [0.15, 0.2) is 12.2 Å². The molecular formula is C10H18O2. The Bertz CT molecular complexity index is 180. The minimum absolute atomic E-state index is 0.235. The van der Waals surface area contributed by atoms with Gasteiger partial charge in [-0.25, -0.2) is 4.79 Å². The number of rotatable bonds is 5. The maximum atomic E-state index is 10.4. The second-order valence-corrected chi connectivity index (χ2v) is 3.93. The molecule has 2 nitrogen and oxygen atoms in total. The average Bonchev–Trinajstić information content (AvgIpc) is 2.00. The van der Waals surface area contributed by atoms with Crippen LogP contribution in [0.25, 0.3) is 0 Å². The molecule has 1 N–H and O–H groups in total. The first kappa shape index (κ1) is 11.2. The van der Waals surface area contributed by atoms with Gasteiger partial charge in [-0.3, -0.25) is 0 Å². The summed E-state index contributed by atoms with van der Waals surface area (Å²) in [6.07, 6.45) is 2.56. The summed E-state index contributed by atoms with van der Waals surface area (Å²) in [6.45, 7) is 9.89. The maximum absolute atomic E-state index is 10.4. The van der Waals surface area contributed by atoms with Gasteiger partial charge < -0.3 is 5.11 Å². The Morgan fingerprint density at radius 3 is 2.33 bits per heavy atom. The van der Waals surface area contributed by atoms with Crippen LogP contribution in [-0.2, 0) is 4.79 Å². The summed E-state index contributed by atoms with van der Waals surface area (Å²) in [6, 6.07) is 0. The van der Waals surface area contributed by atoms with Crippen molar-refractivity contribution in [3.8, 4) is 0 Å². The highest BCUT2D eigenvalue weighted by molar-refractivity contribution is 5.85. The van der Waals surface area contributed by atoms with Crippen molar-refractivity contribution in [2.24, 2.45) is 5.41 Å². The van der Waals surface area contributed by atoms with Crippen LogP contribution < -0.4 is 0 Å². The average molecular weight is 170 g/mol. The third-order valence-corrected chi connectivity index (χ3v) is 2.36. The molecule has 0 amide bonds. The van der Waals surface area contributed by atoms with E-state index in [0.717, 1.165) is 12.8 Å². The largest absolute Gasteiger partial charge is 0.478 e. The molecule has 0 aliphatic rings. The Morgan fingerprint density at radius 1 is 1.50 bits per heavy atom. The van der Waals surface area contributed by atoms with Crippen molar-refractivity contribution in [3.63, 3.8) is 0 Å². The van der Waals surface area contributed by atoms with Crippen molar-refractivity contribution in [1.82, 2.24) is 0 Å². The van der Waals surface area contributed by atoms with Gasteiger partial charge in [-0.2, -0.15) is 0 Å². The summed E-state index contributed by atoms with van der Waals surface area (Å²) < 4.78 is 0. The molecule has 0 heterocycles. The van der Waals surface area contributed by atoms with Gasteiger partial charge in [-0.15, -0.1) is 0 Å². The minimum Gasteiger partial charge on any atom is -0.478 e. The normalized spacial score (nSPS) is 11.2. The molecule has 12 heavy (non-hydrogen) atoms. The number of carbonyl (C=O) groups is 1. The van der Waals surface area contributed by atoms with Crippen LogP contribution in [0.3, 0.4) is 0 Å². The molecule has 0 aromatic carbocycles. The molecule has 2 heteroatoms. The van der Waals surface area contributed by atoms with E-state index in [1.54, 1.807) is 0 Å². The number of hydrogen-bond acceptors (Lipinski definition) is 1.